The van der Waals surface area contributed by atoms with Crippen molar-refractivity contribution in [2.45, 2.75) is 5.92 Å². The van der Waals surface area contributed by atoms with Gasteiger partial charge in [0, 0.05) is 49.7 Å². The molecule has 0 fully saturated rings. The molecule has 2 aromatic carbocycles. The smallest absolute Gasteiger partial charge is 0.537 e. The minimum atomic E-state index is 0.258. The molecule has 2 aromatic rings. The van der Waals surface area contributed by atoms with E-state index in [9.17, 15) is 0 Å². The molecule has 1 heterocycles. The maximum Gasteiger partial charge on any atom is 0.572 e. The van der Waals surface area contributed by atoms with Crippen molar-refractivity contribution in [2.24, 2.45) is 0 Å². The topological polar surface area (TPSA) is 30.9 Å². The molecule has 0 spiro atoms. The van der Waals surface area contributed by atoms with E-state index in [-0.39, 0.29) is 5.92 Å². The monoisotopic (exact) mass is 315 g/mol. The highest BCUT2D eigenvalue weighted by Gasteiger charge is 2.31. The van der Waals surface area contributed by atoms with E-state index in [1.165, 1.54) is 13.2 Å². The molecule has 1 atom stereocenters. The second kappa shape index (κ2) is 6.82. The predicted octanol–water partition coefficient (Wildman–Crippen LogP) is 2.72. The summed E-state index contributed by atoms with van der Waals surface area (Å²) < 4.78 is 15.7. The molecule has 3 rings (SSSR count). The molecule has 0 bridgehead atoms. The Morgan fingerprint density at radius 1 is 1.23 bits per heavy atom. The molecule has 0 aliphatic carbocycles. The van der Waals surface area contributed by atoms with Crippen LogP contribution in [0.2, 0.25) is 0 Å². The summed E-state index contributed by atoms with van der Waals surface area (Å²) in [5.74, 6) is 1.57. The first-order valence-electron chi connectivity index (χ1n) is 7.05. The first-order valence-corrected chi connectivity index (χ1v) is 7.59. The minimum absolute atomic E-state index is 0.258. The standard InChI is InChI=1S/C15H16B2ClNO3/c1-20-16-19-9-10(8-18)15-12-6-4-3-5-11(12)14(7-13(15)19)22-17-21-2/h3-7,10H,8-9H2,1-2H3/t10-/m1/s1. The summed E-state index contributed by atoms with van der Waals surface area (Å²) in [5.41, 5.74) is 2.30. The molecule has 112 valence electrons. The van der Waals surface area contributed by atoms with E-state index in [4.69, 9.17) is 25.6 Å². The van der Waals surface area contributed by atoms with Crippen LogP contribution in [0.4, 0.5) is 5.69 Å². The average molecular weight is 315 g/mol. The van der Waals surface area contributed by atoms with Gasteiger partial charge in [0.05, 0.1) is 0 Å². The van der Waals surface area contributed by atoms with Crippen molar-refractivity contribution in [3.63, 3.8) is 0 Å². The molecule has 0 aromatic heterocycles. The second-order valence-corrected chi connectivity index (χ2v) is 5.46. The van der Waals surface area contributed by atoms with Crippen LogP contribution in [0.25, 0.3) is 10.8 Å². The Bertz CT molecular complexity index is 671. The van der Waals surface area contributed by atoms with Gasteiger partial charge in [-0.1, -0.05) is 24.3 Å². The Balaban J connectivity index is 2.17. The Morgan fingerprint density at radius 3 is 2.68 bits per heavy atom. The normalized spacial score (nSPS) is 16.7. The third kappa shape index (κ3) is 2.67. The number of hydrogen-bond acceptors (Lipinski definition) is 4. The number of alkyl halides is 1. The lowest BCUT2D eigenvalue weighted by Gasteiger charge is -2.18. The summed E-state index contributed by atoms with van der Waals surface area (Å²) in [5, 5.41) is 2.20. The number of anilines is 1. The highest BCUT2D eigenvalue weighted by molar-refractivity contribution is 6.35. The molecule has 7 heteroatoms. The summed E-state index contributed by atoms with van der Waals surface area (Å²) in [6, 6.07) is 10.2. The van der Waals surface area contributed by atoms with Crippen LogP contribution in [0.1, 0.15) is 11.5 Å². The number of halogens is 1. The molecule has 2 radical (unpaired) electrons. The van der Waals surface area contributed by atoms with E-state index in [0.717, 1.165) is 28.8 Å². The van der Waals surface area contributed by atoms with Gasteiger partial charge in [0.25, 0.3) is 0 Å². The Hall–Kier alpha value is -1.36. The van der Waals surface area contributed by atoms with E-state index in [2.05, 4.69) is 10.9 Å². The van der Waals surface area contributed by atoms with Gasteiger partial charge < -0.3 is 18.8 Å². The highest BCUT2D eigenvalue weighted by Crippen LogP contribution is 2.45. The van der Waals surface area contributed by atoms with Gasteiger partial charge in [0.1, 0.15) is 5.75 Å². The summed E-state index contributed by atoms with van der Waals surface area (Å²) in [6.45, 7) is 0.800. The van der Waals surface area contributed by atoms with Crippen LogP contribution in [0, 0.1) is 0 Å². The van der Waals surface area contributed by atoms with Crippen LogP contribution in [0.15, 0.2) is 30.3 Å². The molecular formula is C15H16B2ClNO3. The van der Waals surface area contributed by atoms with Gasteiger partial charge in [-0.05, 0) is 10.9 Å². The Labute approximate surface area is 136 Å². The molecule has 22 heavy (non-hydrogen) atoms. The zero-order valence-corrected chi connectivity index (χ0v) is 13.3. The summed E-state index contributed by atoms with van der Waals surface area (Å²) in [7, 11) is 6.24. The SMILES string of the molecule is CO[B]Oc1cc2c(c3ccccc13)[C@H](CCl)CN2[B]OC. The Morgan fingerprint density at radius 2 is 2.00 bits per heavy atom. The van der Waals surface area contributed by atoms with Crippen molar-refractivity contribution >= 4 is 43.4 Å². The van der Waals surface area contributed by atoms with Crippen molar-refractivity contribution in [1.82, 2.24) is 0 Å². The fraction of sp³-hybridized carbons (Fsp3) is 0.333. The molecule has 0 amide bonds. The first-order chi connectivity index (χ1) is 10.8. The summed E-state index contributed by atoms with van der Waals surface area (Å²) in [4.78, 5) is 2.06. The molecule has 0 saturated carbocycles. The fourth-order valence-electron chi connectivity index (χ4n) is 2.99. The summed E-state index contributed by atoms with van der Waals surface area (Å²) >= 11 is 6.19. The molecule has 1 aliphatic rings. The van der Waals surface area contributed by atoms with Gasteiger partial charge in [-0.2, -0.15) is 0 Å². The lowest BCUT2D eigenvalue weighted by Crippen LogP contribution is -2.28. The number of hydrogen-bond donors (Lipinski definition) is 0. The summed E-state index contributed by atoms with van der Waals surface area (Å²) in [6.07, 6.45) is 0. The van der Waals surface area contributed by atoms with Crippen LogP contribution in [0.3, 0.4) is 0 Å². The predicted molar refractivity (Wildman–Crippen MR) is 90.9 cm³/mol. The quantitative estimate of drug-likeness (QED) is 0.606. The van der Waals surface area contributed by atoms with Crippen molar-refractivity contribution in [1.29, 1.82) is 0 Å². The molecule has 1 aliphatic heterocycles. The highest BCUT2D eigenvalue weighted by atomic mass is 35.5. The van der Waals surface area contributed by atoms with Gasteiger partial charge in [-0.3, -0.25) is 0 Å². The largest absolute Gasteiger partial charge is 0.572 e. The van der Waals surface area contributed by atoms with Crippen molar-refractivity contribution in [3.05, 3.63) is 35.9 Å². The number of fused-ring (bicyclic) bond motifs is 3. The minimum Gasteiger partial charge on any atom is -0.537 e. The second-order valence-electron chi connectivity index (χ2n) is 5.15. The van der Waals surface area contributed by atoms with Gasteiger partial charge in [0.15, 0.2) is 0 Å². The fourth-order valence-corrected chi connectivity index (χ4v) is 3.25. The molecule has 0 N–H and O–H groups in total. The number of rotatable bonds is 6. The van der Waals surface area contributed by atoms with Crippen LogP contribution >= 0.6 is 11.6 Å². The lowest BCUT2D eigenvalue weighted by molar-refractivity contribution is 0.367. The van der Waals surface area contributed by atoms with Gasteiger partial charge in [0.2, 0.25) is 0 Å². The van der Waals surface area contributed by atoms with Crippen molar-refractivity contribution < 1.29 is 14.0 Å². The van der Waals surface area contributed by atoms with Crippen LogP contribution in [0.5, 0.6) is 5.75 Å². The van der Waals surface area contributed by atoms with Crippen LogP contribution < -0.4 is 9.47 Å². The maximum absolute atomic E-state index is 6.19. The maximum atomic E-state index is 6.19. The molecule has 4 nitrogen and oxygen atoms in total. The third-order valence-corrected chi connectivity index (χ3v) is 4.22. The van der Waals surface area contributed by atoms with Gasteiger partial charge >= 0.3 is 15.3 Å². The van der Waals surface area contributed by atoms with Crippen LogP contribution in [-0.4, -0.2) is 41.9 Å². The van der Waals surface area contributed by atoms with E-state index in [1.807, 2.05) is 24.3 Å². The van der Waals surface area contributed by atoms with E-state index in [1.54, 1.807) is 21.8 Å². The van der Waals surface area contributed by atoms with Gasteiger partial charge in [-0.25, -0.2) is 0 Å². The van der Waals surface area contributed by atoms with E-state index in [0.29, 0.717) is 5.88 Å². The third-order valence-electron chi connectivity index (χ3n) is 3.85. The zero-order valence-electron chi connectivity index (χ0n) is 12.6. The molecular weight excluding hydrogens is 299 g/mol. The average Bonchev–Trinajstić information content (AvgIpc) is 2.91. The van der Waals surface area contributed by atoms with Gasteiger partial charge in [-0.15, -0.1) is 11.6 Å². The lowest BCUT2D eigenvalue weighted by atomic mass is 9.95. The molecule has 0 saturated heterocycles. The number of benzene rings is 2. The first kappa shape index (κ1) is 15.5. The zero-order chi connectivity index (χ0) is 15.5. The van der Waals surface area contributed by atoms with E-state index < -0.39 is 0 Å². The van der Waals surface area contributed by atoms with Crippen LogP contribution in [-0.2, 0) is 9.31 Å². The van der Waals surface area contributed by atoms with Crippen molar-refractivity contribution in [2.75, 3.05) is 31.5 Å². The van der Waals surface area contributed by atoms with Crippen molar-refractivity contribution in [3.8, 4) is 5.75 Å². The molecule has 0 unspecified atom stereocenters. The Kier molecular flexibility index (Phi) is 4.81. The van der Waals surface area contributed by atoms with E-state index >= 15 is 0 Å². The number of nitrogens with zero attached hydrogens (tertiary/aromatic N) is 1.